The number of hydrazone groups is 1. The van der Waals surface area contributed by atoms with Gasteiger partial charge in [-0.2, -0.15) is 5.10 Å². The molecule has 2 amide bonds. The van der Waals surface area contributed by atoms with Crippen molar-refractivity contribution in [2.45, 2.75) is 12.1 Å². The van der Waals surface area contributed by atoms with Gasteiger partial charge in [0, 0.05) is 5.56 Å². The summed E-state index contributed by atoms with van der Waals surface area (Å²) in [4.78, 5) is 43.1. The van der Waals surface area contributed by atoms with E-state index in [-0.39, 0.29) is 17.6 Å². The van der Waals surface area contributed by atoms with Gasteiger partial charge in [0.05, 0.1) is 29.8 Å². The molecule has 0 aromatic heterocycles. The highest BCUT2D eigenvalue weighted by atomic mass is 16.2. The second-order valence-electron chi connectivity index (χ2n) is 9.47. The highest BCUT2D eigenvalue weighted by Gasteiger charge is 2.65. The molecular formula is C30H21N3O3. The number of rotatable bonds is 3. The first-order chi connectivity index (χ1) is 17.6. The second kappa shape index (κ2) is 7.71. The number of amides is 2. The third-order valence-corrected chi connectivity index (χ3v) is 7.61. The molecule has 3 aliphatic rings. The lowest BCUT2D eigenvalue weighted by Gasteiger charge is -2.33. The minimum atomic E-state index is -0.867. The van der Waals surface area contributed by atoms with Gasteiger partial charge in [-0.05, 0) is 34.0 Å². The summed E-state index contributed by atoms with van der Waals surface area (Å²) in [5, 5.41) is 8.28. The van der Waals surface area contributed by atoms with Crippen molar-refractivity contribution in [3.8, 4) is 0 Å². The number of ketones is 1. The Hall–Kier alpha value is -4.58. The zero-order valence-corrected chi connectivity index (χ0v) is 19.2. The molecule has 2 saturated heterocycles. The fourth-order valence-corrected chi connectivity index (χ4v) is 6.01. The van der Waals surface area contributed by atoms with E-state index >= 15 is 0 Å². The van der Waals surface area contributed by atoms with Gasteiger partial charge >= 0.3 is 0 Å². The molecule has 3 heterocycles. The van der Waals surface area contributed by atoms with E-state index in [0.717, 1.165) is 21.9 Å². The van der Waals surface area contributed by atoms with Gasteiger partial charge in [-0.15, -0.1) is 0 Å². The van der Waals surface area contributed by atoms with E-state index in [1.807, 2.05) is 66.7 Å². The Morgan fingerprint density at radius 2 is 1.42 bits per heavy atom. The molecule has 4 atom stereocenters. The van der Waals surface area contributed by atoms with E-state index in [4.69, 9.17) is 0 Å². The lowest BCUT2D eigenvalue weighted by Crippen LogP contribution is -2.44. The van der Waals surface area contributed by atoms with Crippen molar-refractivity contribution in [1.29, 1.82) is 0 Å². The zero-order valence-electron chi connectivity index (χ0n) is 19.2. The second-order valence-corrected chi connectivity index (χ2v) is 9.47. The summed E-state index contributed by atoms with van der Waals surface area (Å²) >= 11 is 0. The molecule has 0 aliphatic carbocycles. The van der Waals surface area contributed by atoms with Crippen LogP contribution in [0.5, 0.6) is 0 Å². The highest BCUT2D eigenvalue weighted by molar-refractivity contribution is 6.25. The van der Waals surface area contributed by atoms with Crippen molar-refractivity contribution in [2.75, 3.05) is 4.90 Å². The Balaban J connectivity index is 1.38. The summed E-state index contributed by atoms with van der Waals surface area (Å²) in [6.07, 6.45) is 1.72. The predicted molar refractivity (Wildman–Crippen MR) is 137 cm³/mol. The van der Waals surface area contributed by atoms with Crippen LogP contribution in [-0.4, -0.2) is 34.9 Å². The quantitative estimate of drug-likeness (QED) is 0.323. The van der Waals surface area contributed by atoms with Crippen LogP contribution in [0.25, 0.3) is 10.8 Å². The normalized spacial score (nSPS) is 24.1. The van der Waals surface area contributed by atoms with Gasteiger partial charge in [0.1, 0.15) is 6.04 Å². The third-order valence-electron chi connectivity index (χ3n) is 7.61. The maximum atomic E-state index is 14.0. The molecule has 36 heavy (non-hydrogen) atoms. The maximum Gasteiger partial charge on any atom is 0.240 e. The number of carbonyl (C=O) groups is 3. The summed E-state index contributed by atoms with van der Waals surface area (Å²) in [6.45, 7) is 0. The smallest absolute Gasteiger partial charge is 0.240 e. The number of carbonyl (C=O) groups excluding carboxylic acids is 3. The van der Waals surface area contributed by atoms with Crippen molar-refractivity contribution in [3.05, 3.63) is 114 Å². The number of Topliss-reactive ketones (excluding diaryl/α,β-unsaturated/α-hetero) is 1. The molecule has 174 valence electrons. The Bertz CT molecular complexity index is 1600. The van der Waals surface area contributed by atoms with Crippen LogP contribution in [0.15, 0.2) is 102 Å². The largest absolute Gasteiger partial charge is 0.292 e. The molecule has 4 aromatic rings. The Kier molecular flexibility index (Phi) is 4.45. The summed E-state index contributed by atoms with van der Waals surface area (Å²) in [5.41, 5.74) is 2.84. The molecule has 0 radical (unpaired) electrons. The SMILES string of the molecule is O=C(c1ccccc1)[C@H]1[C@H]2C(=O)N(c3ccc4ccccc4c3)C(=O)[C@@H]2[C@H]2c3ccccc3C=NN21. The number of nitrogens with zero attached hydrogens (tertiary/aromatic N) is 3. The van der Waals surface area contributed by atoms with Crippen molar-refractivity contribution in [2.24, 2.45) is 16.9 Å². The Morgan fingerprint density at radius 3 is 2.25 bits per heavy atom. The highest BCUT2D eigenvalue weighted by Crippen LogP contribution is 2.53. The summed E-state index contributed by atoms with van der Waals surface area (Å²) in [6, 6.07) is 28.7. The van der Waals surface area contributed by atoms with Crippen molar-refractivity contribution < 1.29 is 14.4 Å². The van der Waals surface area contributed by atoms with Crippen molar-refractivity contribution in [1.82, 2.24) is 5.01 Å². The number of fused-ring (bicyclic) bond motifs is 6. The third kappa shape index (κ3) is 2.84. The van der Waals surface area contributed by atoms with Crippen molar-refractivity contribution in [3.63, 3.8) is 0 Å². The van der Waals surface area contributed by atoms with E-state index in [9.17, 15) is 14.4 Å². The monoisotopic (exact) mass is 471 g/mol. The molecule has 0 bridgehead atoms. The van der Waals surface area contributed by atoms with E-state index in [0.29, 0.717) is 11.3 Å². The van der Waals surface area contributed by atoms with E-state index in [1.165, 1.54) is 4.90 Å². The molecule has 6 heteroatoms. The number of hydrogen-bond acceptors (Lipinski definition) is 5. The van der Waals surface area contributed by atoms with E-state index in [2.05, 4.69) is 5.10 Å². The molecule has 6 nitrogen and oxygen atoms in total. The first-order valence-corrected chi connectivity index (χ1v) is 12.0. The Labute approximate surface area is 207 Å². The summed E-state index contributed by atoms with van der Waals surface area (Å²) < 4.78 is 0. The zero-order chi connectivity index (χ0) is 24.4. The lowest BCUT2D eigenvalue weighted by atomic mass is 9.83. The molecular weight excluding hydrogens is 450 g/mol. The van der Waals surface area contributed by atoms with Crippen molar-refractivity contribution >= 4 is 40.3 Å². The van der Waals surface area contributed by atoms with Crippen LogP contribution in [-0.2, 0) is 9.59 Å². The molecule has 0 unspecified atom stereocenters. The summed E-state index contributed by atoms with van der Waals surface area (Å²) in [5.74, 6) is -2.38. The van der Waals surface area contributed by atoms with Gasteiger partial charge in [-0.3, -0.25) is 19.4 Å². The first kappa shape index (κ1) is 20.8. The average Bonchev–Trinajstić information content (AvgIpc) is 3.40. The fraction of sp³-hybridized carbons (Fsp3) is 0.133. The Morgan fingerprint density at radius 1 is 0.722 bits per heavy atom. The van der Waals surface area contributed by atoms with Crippen LogP contribution in [0.4, 0.5) is 5.69 Å². The van der Waals surface area contributed by atoms with Gasteiger partial charge in [0.2, 0.25) is 11.8 Å². The lowest BCUT2D eigenvalue weighted by molar-refractivity contribution is -0.124. The van der Waals surface area contributed by atoms with Gasteiger partial charge < -0.3 is 0 Å². The maximum absolute atomic E-state index is 14.0. The minimum Gasteiger partial charge on any atom is -0.292 e. The summed E-state index contributed by atoms with van der Waals surface area (Å²) in [7, 11) is 0. The fourth-order valence-electron chi connectivity index (χ4n) is 6.01. The number of benzene rings is 4. The number of imide groups is 1. The van der Waals surface area contributed by atoms with Crippen LogP contribution in [0.3, 0.4) is 0 Å². The molecule has 4 aromatic carbocycles. The molecule has 2 fully saturated rings. The number of anilines is 1. The van der Waals surface area contributed by atoms with E-state index in [1.54, 1.807) is 41.6 Å². The molecule has 0 N–H and O–H groups in total. The molecule has 0 saturated carbocycles. The minimum absolute atomic E-state index is 0.203. The van der Waals surface area contributed by atoms with Crippen LogP contribution in [0.1, 0.15) is 27.5 Å². The molecule has 3 aliphatic heterocycles. The van der Waals surface area contributed by atoms with Crippen LogP contribution in [0.2, 0.25) is 0 Å². The standard InChI is InChI=1S/C30H21N3O3/c34-28(19-9-2-1-3-10-19)27-25-24(26-23-13-7-6-12-21(23)17-31-33(26)27)29(35)32(30(25)36)22-15-14-18-8-4-5-11-20(18)16-22/h1-17,24-27H/t24-,25-,26+,27+/m0/s1. The van der Waals surface area contributed by atoms with Crippen LogP contribution in [0, 0.1) is 11.8 Å². The average molecular weight is 472 g/mol. The number of hydrogen-bond donors (Lipinski definition) is 0. The van der Waals surface area contributed by atoms with E-state index < -0.39 is 23.9 Å². The predicted octanol–water partition coefficient (Wildman–Crippen LogP) is 4.60. The van der Waals surface area contributed by atoms with Gasteiger partial charge in [0.25, 0.3) is 0 Å². The van der Waals surface area contributed by atoms with Gasteiger partial charge in [0.15, 0.2) is 5.78 Å². The van der Waals surface area contributed by atoms with Gasteiger partial charge in [-0.25, -0.2) is 4.90 Å². The van der Waals surface area contributed by atoms with Gasteiger partial charge in [-0.1, -0.05) is 84.9 Å². The van der Waals surface area contributed by atoms with Crippen LogP contribution >= 0.6 is 0 Å². The molecule has 7 rings (SSSR count). The van der Waals surface area contributed by atoms with Crippen LogP contribution < -0.4 is 4.90 Å². The first-order valence-electron chi connectivity index (χ1n) is 12.0. The molecule has 0 spiro atoms. The topological polar surface area (TPSA) is 70.0 Å².